The Morgan fingerprint density at radius 2 is 2.18 bits per heavy atom. The van der Waals surface area contributed by atoms with Crippen LogP contribution in [0.15, 0.2) is 30.5 Å². The van der Waals surface area contributed by atoms with Crippen LogP contribution < -0.4 is 11.1 Å². The molecule has 0 aliphatic carbocycles. The van der Waals surface area contributed by atoms with E-state index in [0.717, 1.165) is 29.7 Å². The monoisotopic (exact) mass is 304 g/mol. The van der Waals surface area contributed by atoms with Crippen molar-refractivity contribution in [2.75, 3.05) is 39.7 Å². The van der Waals surface area contributed by atoms with Crippen LogP contribution in [-0.4, -0.2) is 55.8 Å². The highest BCUT2D eigenvalue weighted by Crippen LogP contribution is 2.20. The summed E-state index contributed by atoms with van der Waals surface area (Å²) in [5, 5.41) is 3.98. The number of fused-ring (bicyclic) bond motifs is 1. The van der Waals surface area contributed by atoms with Gasteiger partial charge in [-0.3, -0.25) is 4.79 Å². The van der Waals surface area contributed by atoms with E-state index in [9.17, 15) is 4.79 Å². The molecule has 2 aromatic rings. The number of amides is 1. The summed E-state index contributed by atoms with van der Waals surface area (Å²) in [5.74, 6) is -0.243. The van der Waals surface area contributed by atoms with Crippen LogP contribution in [0.2, 0.25) is 0 Å². The van der Waals surface area contributed by atoms with Gasteiger partial charge >= 0.3 is 0 Å². The van der Waals surface area contributed by atoms with Crippen molar-refractivity contribution in [3.63, 3.8) is 0 Å². The van der Waals surface area contributed by atoms with Gasteiger partial charge in [-0.05, 0) is 37.7 Å². The fourth-order valence-electron chi connectivity index (χ4n) is 2.25. The minimum atomic E-state index is -0.666. The maximum Gasteiger partial charge on any atom is 0.243 e. The van der Waals surface area contributed by atoms with Crippen LogP contribution in [-0.2, 0) is 16.1 Å². The van der Waals surface area contributed by atoms with Crippen molar-refractivity contribution in [1.82, 2.24) is 9.47 Å². The van der Waals surface area contributed by atoms with Gasteiger partial charge in [-0.25, -0.2) is 0 Å². The van der Waals surface area contributed by atoms with Gasteiger partial charge in [0.25, 0.3) is 0 Å². The Balaban J connectivity index is 2.14. The van der Waals surface area contributed by atoms with E-state index in [1.165, 1.54) is 7.11 Å². The Morgan fingerprint density at radius 1 is 1.41 bits per heavy atom. The number of aromatic nitrogens is 1. The molecular formula is C16H24N4O2. The fourth-order valence-corrected chi connectivity index (χ4v) is 2.25. The molecule has 0 spiro atoms. The summed E-state index contributed by atoms with van der Waals surface area (Å²) in [4.78, 5) is 14.1. The molecule has 6 nitrogen and oxygen atoms in total. The number of likely N-dealkylation sites (N-methyl/N-ethyl adjacent to an activating group) is 1. The molecular weight excluding hydrogens is 280 g/mol. The lowest BCUT2D eigenvalue weighted by Crippen LogP contribution is -2.39. The highest BCUT2D eigenvalue weighted by atomic mass is 16.5. The summed E-state index contributed by atoms with van der Waals surface area (Å²) in [6.07, 6.45) is 2.07. The fraction of sp³-hybridized carbons (Fsp3) is 0.438. The molecule has 0 saturated carbocycles. The molecule has 1 amide bonds. The lowest BCUT2D eigenvalue weighted by atomic mass is 10.2. The van der Waals surface area contributed by atoms with Crippen LogP contribution in [0.25, 0.3) is 10.9 Å². The van der Waals surface area contributed by atoms with Gasteiger partial charge in [0.05, 0.1) is 12.1 Å². The first-order valence-corrected chi connectivity index (χ1v) is 7.30. The van der Waals surface area contributed by atoms with E-state index in [0.29, 0.717) is 0 Å². The van der Waals surface area contributed by atoms with Gasteiger partial charge in [0.15, 0.2) is 0 Å². The van der Waals surface area contributed by atoms with E-state index < -0.39 is 6.04 Å². The van der Waals surface area contributed by atoms with E-state index >= 15 is 0 Å². The van der Waals surface area contributed by atoms with Crippen LogP contribution in [0.5, 0.6) is 0 Å². The number of hydrogen-bond acceptors (Lipinski definition) is 4. The number of rotatable bonds is 7. The number of hydrogen-bond donors (Lipinski definition) is 2. The third-order valence-electron chi connectivity index (χ3n) is 3.51. The molecule has 1 atom stereocenters. The maximum atomic E-state index is 11.9. The zero-order valence-electron chi connectivity index (χ0n) is 13.4. The van der Waals surface area contributed by atoms with Crippen molar-refractivity contribution in [2.24, 2.45) is 5.73 Å². The highest BCUT2D eigenvalue weighted by molar-refractivity contribution is 5.96. The lowest BCUT2D eigenvalue weighted by molar-refractivity contribution is -0.118. The third-order valence-corrected chi connectivity index (χ3v) is 3.51. The number of nitrogens with two attached hydrogens (primary N) is 1. The zero-order valence-corrected chi connectivity index (χ0v) is 13.4. The first kappa shape index (κ1) is 16.5. The van der Waals surface area contributed by atoms with Crippen molar-refractivity contribution < 1.29 is 9.53 Å². The second-order valence-electron chi connectivity index (χ2n) is 5.64. The first-order chi connectivity index (χ1) is 10.5. The predicted octanol–water partition coefficient (Wildman–Crippen LogP) is 1.12. The van der Waals surface area contributed by atoms with Crippen LogP contribution in [0, 0.1) is 0 Å². The summed E-state index contributed by atoms with van der Waals surface area (Å²) < 4.78 is 7.08. The lowest BCUT2D eigenvalue weighted by Gasteiger charge is -2.13. The molecule has 1 unspecified atom stereocenters. The molecule has 1 heterocycles. The van der Waals surface area contributed by atoms with Crippen molar-refractivity contribution in [3.8, 4) is 0 Å². The van der Waals surface area contributed by atoms with E-state index in [4.69, 9.17) is 10.5 Å². The third kappa shape index (κ3) is 4.07. The molecule has 0 saturated heterocycles. The Bertz CT molecular complexity index is 636. The van der Waals surface area contributed by atoms with Crippen LogP contribution in [0.1, 0.15) is 0 Å². The van der Waals surface area contributed by atoms with Crippen molar-refractivity contribution in [1.29, 1.82) is 0 Å². The number of ether oxygens (including phenoxy) is 1. The second kappa shape index (κ2) is 7.40. The van der Waals surface area contributed by atoms with Gasteiger partial charge in [-0.15, -0.1) is 0 Å². The van der Waals surface area contributed by atoms with E-state index in [2.05, 4.69) is 41.1 Å². The van der Waals surface area contributed by atoms with E-state index in [1.807, 2.05) is 18.2 Å². The maximum absolute atomic E-state index is 11.9. The summed E-state index contributed by atoms with van der Waals surface area (Å²) >= 11 is 0. The minimum absolute atomic E-state index is 0.202. The summed E-state index contributed by atoms with van der Waals surface area (Å²) in [6, 6.07) is 7.27. The van der Waals surface area contributed by atoms with Crippen molar-refractivity contribution >= 4 is 22.5 Å². The van der Waals surface area contributed by atoms with Gasteiger partial charge < -0.3 is 25.3 Å². The van der Waals surface area contributed by atoms with Crippen molar-refractivity contribution in [2.45, 2.75) is 12.6 Å². The smallest absolute Gasteiger partial charge is 0.243 e. The SMILES string of the molecule is COCC(N)C(=O)Nc1ccc2ccn(CCN(C)C)c2c1. The quantitative estimate of drug-likeness (QED) is 0.804. The Kier molecular flexibility index (Phi) is 5.54. The Morgan fingerprint density at radius 3 is 2.86 bits per heavy atom. The highest BCUT2D eigenvalue weighted by Gasteiger charge is 2.13. The topological polar surface area (TPSA) is 72.5 Å². The number of anilines is 1. The van der Waals surface area contributed by atoms with Gasteiger partial charge in [0, 0.05) is 32.1 Å². The molecule has 22 heavy (non-hydrogen) atoms. The summed E-state index contributed by atoms with van der Waals surface area (Å²) in [7, 11) is 5.62. The Hall–Kier alpha value is -1.89. The zero-order chi connectivity index (χ0) is 16.1. The number of carbonyl (C=O) groups excluding carboxylic acids is 1. The summed E-state index contributed by atoms with van der Waals surface area (Å²) in [5.41, 5.74) is 7.57. The molecule has 0 aliphatic rings. The van der Waals surface area contributed by atoms with Gasteiger partial charge in [-0.1, -0.05) is 6.07 Å². The summed E-state index contributed by atoms with van der Waals surface area (Å²) in [6.45, 7) is 2.06. The van der Waals surface area contributed by atoms with Crippen LogP contribution >= 0.6 is 0 Å². The molecule has 0 bridgehead atoms. The number of benzene rings is 1. The molecule has 6 heteroatoms. The predicted molar refractivity (Wildman–Crippen MR) is 89.0 cm³/mol. The standard InChI is InChI=1S/C16H24N4O2/c1-19(2)8-9-20-7-6-12-4-5-13(10-15(12)20)18-16(21)14(17)11-22-3/h4-7,10,14H,8-9,11,17H2,1-3H3,(H,18,21). The average molecular weight is 304 g/mol. The van der Waals surface area contributed by atoms with Crippen LogP contribution in [0.3, 0.4) is 0 Å². The van der Waals surface area contributed by atoms with E-state index in [-0.39, 0.29) is 12.5 Å². The van der Waals surface area contributed by atoms with Gasteiger partial charge in [0.2, 0.25) is 5.91 Å². The minimum Gasteiger partial charge on any atom is -0.383 e. The van der Waals surface area contributed by atoms with Crippen LogP contribution in [0.4, 0.5) is 5.69 Å². The molecule has 1 aromatic carbocycles. The average Bonchev–Trinajstić information content (AvgIpc) is 2.87. The molecule has 0 aliphatic heterocycles. The molecule has 0 radical (unpaired) electrons. The number of carbonyl (C=O) groups is 1. The van der Waals surface area contributed by atoms with Gasteiger partial charge in [-0.2, -0.15) is 0 Å². The molecule has 0 fully saturated rings. The number of methoxy groups -OCH3 is 1. The molecule has 1 aromatic heterocycles. The van der Waals surface area contributed by atoms with Gasteiger partial charge in [0.1, 0.15) is 6.04 Å². The first-order valence-electron chi connectivity index (χ1n) is 7.30. The molecule has 3 N–H and O–H groups in total. The number of nitrogens with zero attached hydrogens (tertiary/aromatic N) is 2. The van der Waals surface area contributed by atoms with Crippen molar-refractivity contribution in [3.05, 3.63) is 30.5 Å². The Labute approximate surface area is 130 Å². The normalized spacial score (nSPS) is 12.8. The van der Waals surface area contributed by atoms with E-state index in [1.54, 1.807) is 0 Å². The molecule has 120 valence electrons. The number of nitrogens with one attached hydrogen (secondary N) is 1. The molecule has 2 rings (SSSR count). The largest absolute Gasteiger partial charge is 0.383 e. The second-order valence-corrected chi connectivity index (χ2v) is 5.64.